The lowest BCUT2D eigenvalue weighted by Crippen LogP contribution is -2.26. The van der Waals surface area contributed by atoms with Crippen LogP contribution in [0.5, 0.6) is 5.75 Å². The highest BCUT2D eigenvalue weighted by Crippen LogP contribution is 2.25. The van der Waals surface area contributed by atoms with Crippen LogP contribution in [0, 0.1) is 0 Å². The molecule has 11 heteroatoms. The van der Waals surface area contributed by atoms with Crippen LogP contribution >= 0.6 is 0 Å². The summed E-state index contributed by atoms with van der Waals surface area (Å²) in [4.78, 5) is 49.0. The molecule has 162 valence electrons. The Hall–Kier alpha value is -4.02. The highest BCUT2D eigenvalue weighted by Gasteiger charge is 2.35. The molecule has 0 aliphatic carbocycles. The van der Waals surface area contributed by atoms with Gasteiger partial charge in [-0.1, -0.05) is 0 Å². The second kappa shape index (κ2) is 11.1. The number of aliphatic hydroxyl groups excluding tert-OH is 1. The van der Waals surface area contributed by atoms with Gasteiger partial charge in [0.2, 0.25) is 5.76 Å². The molecule has 0 aliphatic heterocycles. The van der Waals surface area contributed by atoms with E-state index in [4.69, 9.17) is 4.74 Å². The first-order chi connectivity index (χ1) is 14.2. The van der Waals surface area contributed by atoms with E-state index in [9.17, 15) is 24.3 Å². The fraction of sp³-hybridized carbons (Fsp3) is 0.263. The highest BCUT2D eigenvalue weighted by molar-refractivity contribution is 6.15. The van der Waals surface area contributed by atoms with E-state index in [1.807, 2.05) is 0 Å². The minimum absolute atomic E-state index is 0.277. The van der Waals surface area contributed by atoms with Crippen molar-refractivity contribution < 1.29 is 48.0 Å². The van der Waals surface area contributed by atoms with Crippen LogP contribution in [-0.2, 0) is 38.1 Å². The molecule has 0 amide bonds. The van der Waals surface area contributed by atoms with Crippen molar-refractivity contribution in [2.75, 3.05) is 40.9 Å². The molecule has 0 unspecified atom stereocenters. The number of benzene rings is 1. The van der Waals surface area contributed by atoms with Crippen molar-refractivity contribution in [3.63, 3.8) is 0 Å². The van der Waals surface area contributed by atoms with Crippen LogP contribution in [0.15, 0.2) is 46.9 Å². The molecule has 0 saturated carbocycles. The number of ether oxygens (including phenoxy) is 5. The van der Waals surface area contributed by atoms with Gasteiger partial charge in [0.15, 0.2) is 0 Å². The van der Waals surface area contributed by atoms with Gasteiger partial charge in [0, 0.05) is 5.69 Å². The van der Waals surface area contributed by atoms with E-state index in [1.54, 1.807) is 12.1 Å². The summed E-state index contributed by atoms with van der Waals surface area (Å²) in [6, 6.07) is 6.10. The summed E-state index contributed by atoms with van der Waals surface area (Å²) in [6.07, 6.45) is 0. The molecule has 0 aromatic heterocycles. The van der Waals surface area contributed by atoms with Gasteiger partial charge in [-0.05, 0) is 24.3 Å². The predicted octanol–water partition coefficient (Wildman–Crippen LogP) is 0.865. The number of rotatable bonds is 8. The lowest BCUT2D eigenvalue weighted by Gasteiger charge is -2.16. The number of aliphatic hydroxyl groups is 1. The number of hydrogen-bond donors (Lipinski definition) is 2. The summed E-state index contributed by atoms with van der Waals surface area (Å²) in [5.41, 5.74) is -2.10. The van der Waals surface area contributed by atoms with Crippen LogP contribution in [-0.4, -0.2) is 64.5 Å². The molecule has 11 nitrogen and oxygen atoms in total. The summed E-state index contributed by atoms with van der Waals surface area (Å²) in [5.74, 6) is -5.78. The summed E-state index contributed by atoms with van der Waals surface area (Å²) >= 11 is 0. The van der Waals surface area contributed by atoms with Gasteiger partial charge in [0.1, 0.15) is 22.6 Å². The lowest BCUT2D eigenvalue weighted by atomic mass is 10.0. The number of methoxy groups -OCH3 is 5. The van der Waals surface area contributed by atoms with Crippen molar-refractivity contribution in [1.29, 1.82) is 0 Å². The summed E-state index contributed by atoms with van der Waals surface area (Å²) < 4.78 is 23.3. The quantitative estimate of drug-likeness (QED) is 0.202. The Labute approximate surface area is 171 Å². The van der Waals surface area contributed by atoms with E-state index < -0.39 is 46.5 Å². The van der Waals surface area contributed by atoms with Gasteiger partial charge in [-0.25, -0.2) is 19.2 Å². The third-order valence-electron chi connectivity index (χ3n) is 3.64. The number of carbonyl (C=O) groups excluding carboxylic acids is 4. The first-order valence-electron chi connectivity index (χ1n) is 8.17. The topological polar surface area (TPSA) is 147 Å². The summed E-state index contributed by atoms with van der Waals surface area (Å²) in [7, 11) is 5.33. The van der Waals surface area contributed by atoms with Crippen LogP contribution in [0.3, 0.4) is 0 Å². The zero-order valence-electron chi connectivity index (χ0n) is 16.9. The molecule has 2 N–H and O–H groups in total. The number of anilines is 1. The van der Waals surface area contributed by atoms with Crippen LogP contribution in [0.25, 0.3) is 0 Å². The van der Waals surface area contributed by atoms with E-state index >= 15 is 0 Å². The molecule has 0 fully saturated rings. The minimum atomic E-state index is -1.36. The Kier molecular flexibility index (Phi) is 8.88. The highest BCUT2D eigenvalue weighted by atomic mass is 16.5. The van der Waals surface area contributed by atoms with Gasteiger partial charge in [-0.3, -0.25) is 0 Å². The van der Waals surface area contributed by atoms with Gasteiger partial charge in [0.05, 0.1) is 35.5 Å². The zero-order chi connectivity index (χ0) is 22.8. The molecule has 0 saturated heterocycles. The maximum Gasteiger partial charge on any atom is 0.374 e. The number of carbonyl (C=O) groups is 4. The Balaban J connectivity index is 3.86. The standard InChI is InChI=1S/C19H21NO10/c1-26-11-8-6-10(7-9-11)20-14(18(24)29-4)12(16(22)27-2)13(17(23)28-3)15(21)19(25)30-5/h6-9,20-21H,1-5H3/b14-12-,15-13+. The van der Waals surface area contributed by atoms with Crippen LogP contribution in [0.2, 0.25) is 0 Å². The molecule has 1 aromatic rings. The Morgan fingerprint density at radius 3 is 1.60 bits per heavy atom. The Bertz CT molecular complexity index is 883. The normalized spacial score (nSPS) is 11.9. The predicted molar refractivity (Wildman–Crippen MR) is 101 cm³/mol. The second-order valence-electron chi connectivity index (χ2n) is 5.29. The van der Waals surface area contributed by atoms with E-state index in [1.165, 1.54) is 19.2 Å². The van der Waals surface area contributed by atoms with E-state index in [0.717, 1.165) is 28.4 Å². The van der Waals surface area contributed by atoms with Crippen molar-refractivity contribution in [2.24, 2.45) is 0 Å². The van der Waals surface area contributed by atoms with Crippen molar-refractivity contribution in [1.82, 2.24) is 0 Å². The smallest absolute Gasteiger partial charge is 0.374 e. The number of esters is 4. The van der Waals surface area contributed by atoms with Crippen molar-refractivity contribution in [3.8, 4) is 5.75 Å². The van der Waals surface area contributed by atoms with Crippen LogP contribution in [0.4, 0.5) is 5.69 Å². The second-order valence-corrected chi connectivity index (χ2v) is 5.29. The SMILES string of the molecule is COC(=O)/C(Nc1ccc(OC)cc1)=C(C(=O)OC)\C(C(=O)OC)=C(/O)C(=O)OC. The van der Waals surface area contributed by atoms with E-state index in [2.05, 4.69) is 24.3 Å². The van der Waals surface area contributed by atoms with Gasteiger partial charge in [-0.15, -0.1) is 0 Å². The monoisotopic (exact) mass is 423 g/mol. The molecule has 0 spiro atoms. The molecule has 0 radical (unpaired) electrons. The summed E-state index contributed by atoms with van der Waals surface area (Å²) in [6.45, 7) is 0. The molecule has 1 aromatic carbocycles. The van der Waals surface area contributed by atoms with Gasteiger partial charge < -0.3 is 34.1 Å². The third kappa shape index (κ3) is 5.50. The first kappa shape index (κ1) is 24.0. The van der Waals surface area contributed by atoms with Crippen molar-refractivity contribution >= 4 is 29.6 Å². The molecule has 0 heterocycles. The van der Waals surface area contributed by atoms with Gasteiger partial charge >= 0.3 is 23.9 Å². The van der Waals surface area contributed by atoms with Crippen molar-refractivity contribution in [3.05, 3.63) is 46.9 Å². The lowest BCUT2D eigenvalue weighted by molar-refractivity contribution is -0.142. The average Bonchev–Trinajstić information content (AvgIpc) is 2.79. The van der Waals surface area contributed by atoms with Gasteiger partial charge in [0.25, 0.3) is 0 Å². The number of hydrogen-bond acceptors (Lipinski definition) is 11. The van der Waals surface area contributed by atoms with E-state index in [-0.39, 0.29) is 5.69 Å². The average molecular weight is 423 g/mol. The fourth-order valence-corrected chi connectivity index (χ4v) is 2.19. The zero-order valence-corrected chi connectivity index (χ0v) is 16.9. The Morgan fingerprint density at radius 1 is 0.700 bits per heavy atom. The maximum atomic E-state index is 12.5. The molecular formula is C19H21NO10. The Morgan fingerprint density at radius 2 is 1.17 bits per heavy atom. The molecule has 0 bridgehead atoms. The van der Waals surface area contributed by atoms with Crippen molar-refractivity contribution in [2.45, 2.75) is 0 Å². The number of nitrogens with one attached hydrogen (secondary N) is 1. The molecule has 1 rings (SSSR count). The molecule has 0 aliphatic rings. The molecule has 30 heavy (non-hydrogen) atoms. The van der Waals surface area contributed by atoms with E-state index in [0.29, 0.717) is 5.75 Å². The minimum Gasteiger partial charge on any atom is -0.501 e. The summed E-state index contributed by atoms with van der Waals surface area (Å²) in [5, 5.41) is 12.8. The van der Waals surface area contributed by atoms with Gasteiger partial charge in [-0.2, -0.15) is 0 Å². The maximum absolute atomic E-state index is 12.5. The molecule has 0 atom stereocenters. The first-order valence-corrected chi connectivity index (χ1v) is 8.17. The third-order valence-corrected chi connectivity index (χ3v) is 3.64. The van der Waals surface area contributed by atoms with Crippen LogP contribution in [0.1, 0.15) is 0 Å². The largest absolute Gasteiger partial charge is 0.501 e. The van der Waals surface area contributed by atoms with Crippen LogP contribution < -0.4 is 10.1 Å². The molecular weight excluding hydrogens is 402 g/mol. The fourth-order valence-electron chi connectivity index (χ4n) is 2.19.